The molecule has 0 spiro atoms. The van der Waals surface area contributed by atoms with Gasteiger partial charge in [0, 0.05) is 37.3 Å². The zero-order valence-electron chi connectivity index (χ0n) is 17.7. The van der Waals surface area contributed by atoms with Crippen molar-refractivity contribution in [1.29, 1.82) is 0 Å². The van der Waals surface area contributed by atoms with Crippen molar-refractivity contribution in [3.63, 3.8) is 0 Å². The molecule has 4 rings (SSSR count). The summed E-state index contributed by atoms with van der Waals surface area (Å²) in [4.78, 5) is 31.5. The maximum atomic E-state index is 13.2. The van der Waals surface area contributed by atoms with Crippen LogP contribution in [0.2, 0.25) is 0 Å². The van der Waals surface area contributed by atoms with E-state index in [2.05, 4.69) is 19.9 Å². The van der Waals surface area contributed by atoms with Crippen molar-refractivity contribution in [3.8, 4) is 0 Å². The first kappa shape index (κ1) is 24.7. The molecule has 1 aliphatic rings. The first-order chi connectivity index (χ1) is 16.1. The molecule has 9 nitrogen and oxygen atoms in total. The smallest absolute Gasteiger partial charge is 0.475 e. The minimum atomic E-state index is -5.08. The summed E-state index contributed by atoms with van der Waals surface area (Å²) in [5, 5.41) is 10.0. The lowest BCUT2D eigenvalue weighted by Crippen LogP contribution is -2.33. The highest BCUT2D eigenvalue weighted by Gasteiger charge is 2.38. The normalized spacial score (nSPS) is 15.5. The van der Waals surface area contributed by atoms with E-state index in [4.69, 9.17) is 14.3 Å². The van der Waals surface area contributed by atoms with Crippen LogP contribution < -0.4 is 10.2 Å². The van der Waals surface area contributed by atoms with Crippen molar-refractivity contribution >= 4 is 17.8 Å². The number of aromatic nitrogens is 3. The van der Waals surface area contributed by atoms with Crippen LogP contribution in [0.1, 0.15) is 17.9 Å². The lowest BCUT2D eigenvalue weighted by molar-refractivity contribution is -0.192. The number of alkyl halides is 3. The summed E-state index contributed by atoms with van der Waals surface area (Å²) in [7, 11) is 0. The Morgan fingerprint density at radius 3 is 2.50 bits per heavy atom. The SMILES string of the molecule is O=C(CC1CN(c2ncc(F)cn2)Cc2cccn2C1)NCc1ccco1.O=C(O)C(F)(F)F. The van der Waals surface area contributed by atoms with E-state index in [-0.39, 0.29) is 11.8 Å². The van der Waals surface area contributed by atoms with Gasteiger partial charge in [0.25, 0.3) is 0 Å². The average Bonchev–Trinajstić information content (AvgIpc) is 3.41. The van der Waals surface area contributed by atoms with Crippen molar-refractivity contribution in [1.82, 2.24) is 19.9 Å². The van der Waals surface area contributed by atoms with Crippen LogP contribution in [0.15, 0.2) is 53.5 Å². The molecule has 0 bridgehead atoms. The van der Waals surface area contributed by atoms with Gasteiger partial charge >= 0.3 is 12.1 Å². The fourth-order valence-electron chi connectivity index (χ4n) is 3.36. The minimum absolute atomic E-state index is 0.0352. The zero-order valence-corrected chi connectivity index (χ0v) is 17.7. The summed E-state index contributed by atoms with van der Waals surface area (Å²) in [5.74, 6) is -2.00. The van der Waals surface area contributed by atoms with Gasteiger partial charge < -0.3 is 24.3 Å². The molecule has 4 heterocycles. The molecule has 0 aliphatic carbocycles. The summed E-state index contributed by atoms with van der Waals surface area (Å²) in [6.07, 6.45) is 1.21. The topological polar surface area (TPSA) is 113 Å². The maximum absolute atomic E-state index is 13.2. The number of carbonyl (C=O) groups excluding carboxylic acids is 1. The number of hydrogen-bond donors (Lipinski definition) is 2. The van der Waals surface area contributed by atoms with Gasteiger partial charge in [0.05, 0.1) is 31.7 Å². The van der Waals surface area contributed by atoms with Crippen LogP contribution in [0.5, 0.6) is 0 Å². The summed E-state index contributed by atoms with van der Waals surface area (Å²) >= 11 is 0. The number of rotatable bonds is 5. The van der Waals surface area contributed by atoms with Crippen LogP contribution in [0.25, 0.3) is 0 Å². The summed E-state index contributed by atoms with van der Waals surface area (Å²) in [6.45, 7) is 2.33. The van der Waals surface area contributed by atoms with Gasteiger partial charge in [-0.2, -0.15) is 13.2 Å². The van der Waals surface area contributed by atoms with Gasteiger partial charge in [0.2, 0.25) is 11.9 Å². The maximum Gasteiger partial charge on any atom is 0.490 e. The van der Waals surface area contributed by atoms with Crippen molar-refractivity contribution in [2.45, 2.75) is 32.2 Å². The fraction of sp³-hybridized carbons (Fsp3) is 0.333. The van der Waals surface area contributed by atoms with Crippen LogP contribution in [0, 0.1) is 11.7 Å². The monoisotopic (exact) mass is 483 g/mol. The molecule has 0 fully saturated rings. The summed E-state index contributed by atoms with van der Waals surface area (Å²) in [5.41, 5.74) is 1.11. The number of nitrogens with one attached hydrogen (secondary N) is 1. The van der Waals surface area contributed by atoms with E-state index in [9.17, 15) is 22.4 Å². The molecule has 1 atom stereocenters. The molecule has 3 aromatic heterocycles. The molecule has 1 unspecified atom stereocenters. The predicted molar refractivity (Wildman–Crippen MR) is 110 cm³/mol. The average molecular weight is 483 g/mol. The highest BCUT2D eigenvalue weighted by Crippen LogP contribution is 2.22. The number of hydrogen-bond acceptors (Lipinski definition) is 6. The third-order valence-electron chi connectivity index (χ3n) is 4.86. The second-order valence-corrected chi connectivity index (χ2v) is 7.46. The van der Waals surface area contributed by atoms with Crippen molar-refractivity contribution in [3.05, 3.63) is 66.4 Å². The molecule has 0 saturated carbocycles. The molecular weight excluding hydrogens is 462 g/mol. The zero-order chi connectivity index (χ0) is 24.7. The van der Waals surface area contributed by atoms with Crippen LogP contribution in [-0.2, 0) is 29.2 Å². The Balaban J connectivity index is 0.000000406. The Bertz CT molecular complexity index is 1080. The number of aliphatic carboxylic acids is 1. The largest absolute Gasteiger partial charge is 0.490 e. The molecule has 0 aromatic carbocycles. The number of anilines is 1. The third kappa shape index (κ3) is 7.05. The number of halogens is 4. The molecular formula is C21H21F4N5O4. The lowest BCUT2D eigenvalue weighted by Gasteiger charge is -2.23. The quantitative estimate of drug-likeness (QED) is 0.537. The Morgan fingerprint density at radius 1 is 1.18 bits per heavy atom. The number of carboxylic acids is 1. The molecule has 0 saturated heterocycles. The Hall–Kier alpha value is -3.90. The number of carboxylic acid groups (broad SMARTS) is 1. The lowest BCUT2D eigenvalue weighted by atomic mass is 10.0. The molecule has 1 amide bonds. The molecule has 34 heavy (non-hydrogen) atoms. The van der Waals surface area contributed by atoms with Crippen molar-refractivity contribution in [2.75, 3.05) is 11.4 Å². The van der Waals surface area contributed by atoms with Gasteiger partial charge in [-0.05, 0) is 24.3 Å². The molecule has 13 heteroatoms. The fourth-order valence-corrected chi connectivity index (χ4v) is 3.36. The van der Waals surface area contributed by atoms with Gasteiger partial charge in [-0.1, -0.05) is 0 Å². The Labute approximate surface area is 191 Å². The van der Waals surface area contributed by atoms with E-state index in [0.29, 0.717) is 32.0 Å². The van der Waals surface area contributed by atoms with Gasteiger partial charge in [0.15, 0.2) is 5.82 Å². The van der Waals surface area contributed by atoms with E-state index < -0.39 is 18.0 Å². The molecule has 182 valence electrons. The molecule has 0 radical (unpaired) electrons. The van der Waals surface area contributed by atoms with E-state index in [0.717, 1.165) is 30.4 Å². The van der Waals surface area contributed by atoms with E-state index in [1.165, 1.54) is 0 Å². The first-order valence-corrected chi connectivity index (χ1v) is 10.1. The molecule has 2 N–H and O–H groups in total. The van der Waals surface area contributed by atoms with Crippen LogP contribution >= 0.6 is 0 Å². The summed E-state index contributed by atoms with van der Waals surface area (Å²) in [6, 6.07) is 7.64. The van der Waals surface area contributed by atoms with Crippen LogP contribution in [0.3, 0.4) is 0 Å². The van der Waals surface area contributed by atoms with Gasteiger partial charge in [-0.15, -0.1) is 0 Å². The summed E-state index contributed by atoms with van der Waals surface area (Å²) < 4.78 is 52.3. The highest BCUT2D eigenvalue weighted by molar-refractivity contribution is 5.76. The predicted octanol–water partition coefficient (Wildman–Crippen LogP) is 2.99. The van der Waals surface area contributed by atoms with Crippen LogP contribution in [0.4, 0.5) is 23.5 Å². The number of amides is 1. The van der Waals surface area contributed by atoms with Gasteiger partial charge in [0.1, 0.15) is 5.76 Å². The highest BCUT2D eigenvalue weighted by atomic mass is 19.4. The molecule has 3 aromatic rings. The number of furan rings is 1. The molecule has 1 aliphatic heterocycles. The van der Waals surface area contributed by atoms with E-state index in [1.807, 2.05) is 29.3 Å². The Morgan fingerprint density at radius 2 is 1.88 bits per heavy atom. The van der Waals surface area contributed by atoms with Crippen molar-refractivity contribution < 1.29 is 36.7 Å². The Kier molecular flexibility index (Phi) is 7.87. The van der Waals surface area contributed by atoms with Crippen molar-refractivity contribution in [2.24, 2.45) is 5.92 Å². The minimum Gasteiger partial charge on any atom is -0.475 e. The standard InChI is InChI=1S/C19H20FN5O2.C2HF3O2/c20-15-8-22-19(23-9-15)25-12-14(11-24-5-1-3-16(24)13-25)7-18(26)21-10-17-4-2-6-27-17;3-2(4,5)1(6)7/h1-6,8-9,14H,7,10-13H2,(H,21,26);(H,6,7). The first-order valence-electron chi connectivity index (χ1n) is 10.1. The van der Waals surface area contributed by atoms with Crippen LogP contribution in [-0.4, -0.2) is 44.2 Å². The van der Waals surface area contributed by atoms with E-state index >= 15 is 0 Å². The van der Waals surface area contributed by atoms with E-state index in [1.54, 1.807) is 12.3 Å². The second kappa shape index (κ2) is 10.8. The third-order valence-corrected chi connectivity index (χ3v) is 4.86. The second-order valence-electron chi connectivity index (χ2n) is 7.46. The van der Waals surface area contributed by atoms with Gasteiger partial charge in [-0.3, -0.25) is 4.79 Å². The van der Waals surface area contributed by atoms with Gasteiger partial charge in [-0.25, -0.2) is 19.2 Å². The number of carbonyl (C=O) groups is 2. The number of nitrogens with zero attached hydrogens (tertiary/aromatic N) is 4. The number of fused-ring (bicyclic) bond motifs is 1.